The fourth-order valence-electron chi connectivity index (χ4n) is 2.36. The van der Waals surface area contributed by atoms with Gasteiger partial charge in [0.05, 0.1) is 6.54 Å². The van der Waals surface area contributed by atoms with Crippen LogP contribution in [-0.4, -0.2) is 36.4 Å². The summed E-state index contributed by atoms with van der Waals surface area (Å²) in [7, 11) is 0. The van der Waals surface area contributed by atoms with Gasteiger partial charge in [-0.2, -0.15) is 0 Å². The third-order valence-corrected chi connectivity index (χ3v) is 3.36. The zero-order valence-electron chi connectivity index (χ0n) is 10.7. The summed E-state index contributed by atoms with van der Waals surface area (Å²) in [5, 5.41) is 0. The lowest BCUT2D eigenvalue weighted by molar-refractivity contribution is -0.119. The lowest BCUT2D eigenvalue weighted by atomic mass is 10.0. The molecule has 0 bridgehead atoms. The Morgan fingerprint density at radius 1 is 1.21 bits per heavy atom. The Hall–Kier alpha value is -1.33. The van der Waals surface area contributed by atoms with Crippen molar-refractivity contribution in [3.63, 3.8) is 0 Å². The molecule has 1 aliphatic heterocycles. The number of hydrogen-bond donors (Lipinski definition) is 1. The van der Waals surface area contributed by atoms with E-state index in [1.165, 1.54) is 12.1 Å². The van der Waals surface area contributed by atoms with Crippen LogP contribution in [-0.2, 0) is 11.2 Å². The van der Waals surface area contributed by atoms with Gasteiger partial charge in [0.2, 0.25) is 0 Å². The Balaban J connectivity index is 1.87. The highest BCUT2D eigenvalue weighted by molar-refractivity contribution is 5.82. The van der Waals surface area contributed by atoms with Crippen LogP contribution in [0.4, 0.5) is 8.78 Å². The summed E-state index contributed by atoms with van der Waals surface area (Å²) in [6.45, 7) is 1.94. The first kappa shape index (κ1) is 14.1. The molecule has 1 fully saturated rings. The monoisotopic (exact) mass is 268 g/mol. The zero-order chi connectivity index (χ0) is 13.8. The lowest BCUT2D eigenvalue weighted by Crippen LogP contribution is -2.42. The van der Waals surface area contributed by atoms with Crippen molar-refractivity contribution < 1.29 is 13.6 Å². The first-order valence-corrected chi connectivity index (χ1v) is 6.47. The number of carbonyl (C=O) groups is 1. The maximum Gasteiger partial charge on any atom is 0.151 e. The summed E-state index contributed by atoms with van der Waals surface area (Å²) in [5.74, 6) is -1.32. The Bertz CT molecular complexity index is 437. The first-order valence-electron chi connectivity index (χ1n) is 6.47. The van der Waals surface area contributed by atoms with Crippen molar-refractivity contribution in [2.75, 3.05) is 19.6 Å². The van der Waals surface area contributed by atoms with Gasteiger partial charge in [-0.05, 0) is 30.5 Å². The van der Waals surface area contributed by atoms with E-state index in [4.69, 9.17) is 5.73 Å². The molecular formula is C14H18F2N2O. The molecular weight excluding hydrogens is 250 g/mol. The smallest absolute Gasteiger partial charge is 0.151 e. The van der Waals surface area contributed by atoms with Crippen LogP contribution in [0.15, 0.2) is 18.2 Å². The second-order valence-electron chi connectivity index (χ2n) is 5.11. The van der Waals surface area contributed by atoms with Gasteiger partial charge in [-0.1, -0.05) is 0 Å². The molecule has 0 atom stereocenters. The van der Waals surface area contributed by atoms with Crippen LogP contribution in [0.25, 0.3) is 0 Å². The average molecular weight is 268 g/mol. The largest absolute Gasteiger partial charge is 0.328 e. The van der Waals surface area contributed by atoms with E-state index in [2.05, 4.69) is 0 Å². The maximum absolute atomic E-state index is 13.0. The molecule has 1 aliphatic rings. The van der Waals surface area contributed by atoms with Gasteiger partial charge in [0.15, 0.2) is 5.78 Å². The number of piperidine rings is 1. The van der Waals surface area contributed by atoms with Gasteiger partial charge in [-0.15, -0.1) is 0 Å². The highest BCUT2D eigenvalue weighted by Crippen LogP contribution is 2.11. The van der Waals surface area contributed by atoms with Crippen LogP contribution in [0.3, 0.4) is 0 Å². The van der Waals surface area contributed by atoms with Crippen LogP contribution in [0.1, 0.15) is 18.4 Å². The Kier molecular flexibility index (Phi) is 4.61. The molecule has 5 heteroatoms. The van der Waals surface area contributed by atoms with E-state index in [9.17, 15) is 13.6 Å². The van der Waals surface area contributed by atoms with Gasteiger partial charge in [-0.25, -0.2) is 8.78 Å². The standard InChI is InChI=1S/C14H18F2N2O/c15-11-5-10(6-12(16)8-11)7-14(19)9-18-3-1-13(17)2-4-18/h5-6,8,13H,1-4,7,9,17H2. The van der Waals surface area contributed by atoms with Gasteiger partial charge in [0.25, 0.3) is 0 Å². The number of nitrogens with zero attached hydrogens (tertiary/aromatic N) is 1. The Labute approximate surface area is 111 Å². The van der Waals surface area contributed by atoms with Crippen LogP contribution in [0, 0.1) is 11.6 Å². The van der Waals surface area contributed by atoms with Crippen molar-refractivity contribution >= 4 is 5.78 Å². The van der Waals surface area contributed by atoms with Crippen LogP contribution in [0.2, 0.25) is 0 Å². The summed E-state index contributed by atoms with van der Waals surface area (Å²) in [6, 6.07) is 3.43. The predicted octanol–water partition coefficient (Wildman–Crippen LogP) is 1.50. The molecule has 19 heavy (non-hydrogen) atoms. The third-order valence-electron chi connectivity index (χ3n) is 3.36. The molecule has 0 amide bonds. The van der Waals surface area contributed by atoms with E-state index in [0.29, 0.717) is 12.1 Å². The first-order chi connectivity index (χ1) is 9.02. The Morgan fingerprint density at radius 3 is 2.37 bits per heavy atom. The summed E-state index contributed by atoms with van der Waals surface area (Å²) < 4.78 is 26.0. The minimum atomic E-state index is -0.647. The second kappa shape index (κ2) is 6.21. The van der Waals surface area contributed by atoms with E-state index in [-0.39, 0.29) is 18.2 Å². The highest BCUT2D eigenvalue weighted by atomic mass is 19.1. The maximum atomic E-state index is 13.0. The minimum absolute atomic E-state index is 0.0273. The number of rotatable bonds is 4. The predicted molar refractivity (Wildman–Crippen MR) is 68.7 cm³/mol. The lowest BCUT2D eigenvalue weighted by Gasteiger charge is -2.29. The van der Waals surface area contributed by atoms with Gasteiger partial charge in [0.1, 0.15) is 11.6 Å². The van der Waals surface area contributed by atoms with Crippen LogP contribution >= 0.6 is 0 Å². The highest BCUT2D eigenvalue weighted by Gasteiger charge is 2.18. The molecule has 0 saturated carbocycles. The second-order valence-corrected chi connectivity index (χ2v) is 5.11. The van der Waals surface area contributed by atoms with E-state index >= 15 is 0 Å². The molecule has 1 aromatic rings. The molecule has 104 valence electrons. The molecule has 2 rings (SSSR count). The number of benzene rings is 1. The van der Waals surface area contributed by atoms with Crippen molar-refractivity contribution in [1.82, 2.24) is 4.90 Å². The van der Waals surface area contributed by atoms with Gasteiger partial charge < -0.3 is 5.73 Å². The van der Waals surface area contributed by atoms with Gasteiger partial charge >= 0.3 is 0 Å². The van der Waals surface area contributed by atoms with Crippen molar-refractivity contribution in [1.29, 1.82) is 0 Å². The summed E-state index contributed by atoms with van der Waals surface area (Å²) >= 11 is 0. The molecule has 0 spiro atoms. The summed E-state index contributed by atoms with van der Waals surface area (Å²) in [6.07, 6.45) is 1.85. The van der Waals surface area contributed by atoms with Gasteiger partial charge in [-0.3, -0.25) is 9.69 Å². The van der Waals surface area contributed by atoms with Crippen molar-refractivity contribution in [3.8, 4) is 0 Å². The van der Waals surface area contributed by atoms with Gasteiger partial charge in [0, 0.05) is 31.6 Å². The number of nitrogens with two attached hydrogens (primary N) is 1. The molecule has 0 aromatic heterocycles. The van der Waals surface area contributed by atoms with E-state index < -0.39 is 11.6 Å². The number of halogens is 2. The summed E-state index contributed by atoms with van der Waals surface area (Å²) in [5.41, 5.74) is 6.18. The minimum Gasteiger partial charge on any atom is -0.328 e. The normalized spacial score (nSPS) is 17.6. The molecule has 1 saturated heterocycles. The number of likely N-dealkylation sites (tertiary alicyclic amines) is 1. The van der Waals surface area contributed by atoms with E-state index in [1.807, 2.05) is 4.90 Å². The number of Topliss-reactive ketones (excluding diaryl/α,β-unsaturated/α-hetero) is 1. The topological polar surface area (TPSA) is 46.3 Å². The van der Waals surface area contributed by atoms with Crippen LogP contribution < -0.4 is 5.73 Å². The fraction of sp³-hybridized carbons (Fsp3) is 0.500. The van der Waals surface area contributed by atoms with E-state index in [0.717, 1.165) is 32.0 Å². The summed E-state index contributed by atoms with van der Waals surface area (Å²) in [4.78, 5) is 13.9. The molecule has 0 aliphatic carbocycles. The molecule has 0 radical (unpaired) electrons. The molecule has 0 unspecified atom stereocenters. The van der Waals surface area contributed by atoms with Crippen molar-refractivity contribution in [3.05, 3.63) is 35.4 Å². The average Bonchev–Trinajstić information content (AvgIpc) is 2.30. The number of hydrogen-bond acceptors (Lipinski definition) is 3. The third kappa shape index (κ3) is 4.36. The van der Waals surface area contributed by atoms with Crippen molar-refractivity contribution in [2.24, 2.45) is 5.73 Å². The van der Waals surface area contributed by atoms with Crippen molar-refractivity contribution in [2.45, 2.75) is 25.3 Å². The molecule has 2 N–H and O–H groups in total. The quantitative estimate of drug-likeness (QED) is 0.900. The fourth-order valence-corrected chi connectivity index (χ4v) is 2.36. The zero-order valence-corrected chi connectivity index (χ0v) is 10.7. The van der Waals surface area contributed by atoms with E-state index in [1.54, 1.807) is 0 Å². The molecule has 1 heterocycles. The number of ketones is 1. The Morgan fingerprint density at radius 2 is 1.79 bits per heavy atom. The molecule has 1 aromatic carbocycles. The number of carbonyl (C=O) groups excluding carboxylic acids is 1. The van der Waals surface area contributed by atoms with Crippen LogP contribution in [0.5, 0.6) is 0 Å². The SMILES string of the molecule is NC1CCN(CC(=O)Cc2cc(F)cc(F)c2)CC1. The molecule has 3 nitrogen and oxygen atoms in total.